The van der Waals surface area contributed by atoms with E-state index in [0.29, 0.717) is 0 Å². The first-order valence-corrected chi connectivity index (χ1v) is 2.34. The van der Waals surface area contributed by atoms with Gasteiger partial charge in [0.05, 0.1) is 0 Å². The summed E-state index contributed by atoms with van der Waals surface area (Å²) >= 11 is 1.11. The molecule has 0 aliphatic heterocycles. The smallest absolute Gasteiger partial charge is 0.132 e. The van der Waals surface area contributed by atoms with Crippen molar-refractivity contribution in [3.8, 4) is 0 Å². The summed E-state index contributed by atoms with van der Waals surface area (Å²) in [6, 6.07) is 0. The first-order chi connectivity index (χ1) is 2.89. The van der Waals surface area contributed by atoms with Crippen LogP contribution in [0.1, 0.15) is 0 Å². The molecule has 1 rings (SSSR count). The van der Waals surface area contributed by atoms with Gasteiger partial charge in [-0.05, 0) is 5.38 Å². The molecule has 7 heavy (non-hydrogen) atoms. The van der Waals surface area contributed by atoms with Crippen LogP contribution >= 0.6 is 11.3 Å². The molecule has 0 fully saturated rings. The van der Waals surface area contributed by atoms with Crippen LogP contribution in [0.15, 0.2) is 16.4 Å². The van der Waals surface area contributed by atoms with E-state index in [2.05, 4.69) is 4.98 Å². The molecule has 0 aliphatic carbocycles. The van der Waals surface area contributed by atoms with Crippen LogP contribution < -0.4 is 9.86 Å². The zero-order valence-corrected chi connectivity index (χ0v) is 6.83. The fourth-order valence-electron chi connectivity index (χ4n) is 0.210. The molecule has 0 aliphatic rings. The largest absolute Gasteiger partial charge is 0.620 e. The Morgan fingerprint density at radius 3 is 2.57 bits per heavy atom. The number of hydrogen-bond donors (Lipinski definition) is 0. The number of hydrogen-bond acceptors (Lipinski definition) is 2. The predicted octanol–water partition coefficient (Wildman–Crippen LogP) is 0.0630. The Morgan fingerprint density at radius 2 is 2.43 bits per heavy atom. The molecule has 0 spiro atoms. The molecule has 2 nitrogen and oxygen atoms in total. The van der Waals surface area contributed by atoms with Gasteiger partial charge in [0.2, 0.25) is 0 Å². The van der Waals surface area contributed by atoms with Gasteiger partial charge in [-0.25, -0.2) is 0 Å². The molecule has 0 aromatic carbocycles. The van der Waals surface area contributed by atoms with Gasteiger partial charge in [-0.15, -0.1) is 11.3 Å². The molecule has 0 amide bonds. The molecule has 0 saturated carbocycles. The Morgan fingerprint density at radius 1 is 1.71 bits per heavy atom. The van der Waals surface area contributed by atoms with E-state index in [1.807, 2.05) is 0 Å². The van der Waals surface area contributed by atoms with Crippen LogP contribution in [0, 0.1) is 0 Å². The SMILES string of the molecule is O=c1[n-]ccs1.[Re]. The number of rotatable bonds is 0. The van der Waals surface area contributed by atoms with E-state index >= 15 is 0 Å². The Balaban J connectivity index is 0.000000360. The van der Waals surface area contributed by atoms with Gasteiger partial charge in [-0.2, -0.15) is 6.20 Å². The average molecular weight is 286 g/mol. The Kier molecular flexibility index (Phi) is 3.18. The predicted molar refractivity (Wildman–Crippen MR) is 23.9 cm³/mol. The molecule has 0 bridgehead atoms. The maximum absolute atomic E-state index is 9.98. The number of nitrogens with zero attached hydrogens (tertiary/aromatic N) is 1. The van der Waals surface area contributed by atoms with E-state index in [4.69, 9.17) is 0 Å². The van der Waals surface area contributed by atoms with Crippen molar-refractivity contribution >= 4 is 11.3 Å². The maximum Gasteiger partial charge on any atom is 0.132 e. The molecular formula is C3H2NOReS-. The van der Waals surface area contributed by atoms with Crippen molar-refractivity contribution in [1.82, 2.24) is 4.98 Å². The van der Waals surface area contributed by atoms with Crippen LogP contribution in [0.4, 0.5) is 0 Å². The first-order valence-electron chi connectivity index (χ1n) is 1.46. The molecule has 1 aromatic heterocycles. The van der Waals surface area contributed by atoms with E-state index in [0.717, 1.165) is 11.3 Å². The minimum Gasteiger partial charge on any atom is -0.620 e. The van der Waals surface area contributed by atoms with Gasteiger partial charge in [0.25, 0.3) is 0 Å². The maximum atomic E-state index is 9.98. The van der Waals surface area contributed by atoms with Crippen LogP contribution in [0.5, 0.6) is 0 Å². The van der Waals surface area contributed by atoms with Crippen molar-refractivity contribution in [2.75, 3.05) is 0 Å². The zero-order valence-electron chi connectivity index (χ0n) is 3.30. The van der Waals surface area contributed by atoms with Gasteiger partial charge in [-0.1, -0.05) is 0 Å². The minimum atomic E-state index is -0.116. The summed E-state index contributed by atoms with van der Waals surface area (Å²) in [5, 5.41) is 1.66. The van der Waals surface area contributed by atoms with Gasteiger partial charge in [0.1, 0.15) is 4.87 Å². The molecule has 4 heteroatoms. The van der Waals surface area contributed by atoms with Gasteiger partial charge >= 0.3 is 0 Å². The summed E-state index contributed by atoms with van der Waals surface area (Å²) in [5.41, 5.74) is 0. The van der Waals surface area contributed by atoms with Crippen LogP contribution in [0.25, 0.3) is 0 Å². The van der Waals surface area contributed by atoms with Crippen LogP contribution in [-0.4, -0.2) is 0 Å². The zero-order chi connectivity index (χ0) is 4.41. The van der Waals surface area contributed by atoms with E-state index in [1.165, 1.54) is 6.20 Å². The second-order valence-corrected chi connectivity index (χ2v) is 1.66. The second-order valence-electron chi connectivity index (χ2n) is 0.798. The van der Waals surface area contributed by atoms with Crippen molar-refractivity contribution in [2.24, 2.45) is 0 Å². The average Bonchev–Trinajstić information content (AvgIpc) is 1.86. The fraction of sp³-hybridized carbons (Fsp3) is 0. The molecule has 0 N–H and O–H groups in total. The Bertz CT molecular complexity index is 153. The minimum absolute atomic E-state index is 0. The quantitative estimate of drug-likeness (QED) is 0.675. The van der Waals surface area contributed by atoms with Gasteiger partial charge in [0.15, 0.2) is 0 Å². The van der Waals surface area contributed by atoms with Crippen LogP contribution in [0.2, 0.25) is 0 Å². The van der Waals surface area contributed by atoms with Crippen molar-refractivity contribution in [1.29, 1.82) is 0 Å². The summed E-state index contributed by atoms with van der Waals surface area (Å²) < 4.78 is 0. The molecule has 1 radical (unpaired) electrons. The van der Waals surface area contributed by atoms with Crippen molar-refractivity contribution in [2.45, 2.75) is 0 Å². The third-order valence-electron chi connectivity index (χ3n) is 0.410. The van der Waals surface area contributed by atoms with Crippen molar-refractivity contribution < 1.29 is 20.4 Å². The summed E-state index contributed by atoms with van der Waals surface area (Å²) in [6.07, 6.45) is 1.49. The summed E-state index contributed by atoms with van der Waals surface area (Å²) in [7, 11) is 0. The molecule has 1 aromatic rings. The topological polar surface area (TPSA) is 31.2 Å². The van der Waals surface area contributed by atoms with Crippen molar-refractivity contribution in [3.63, 3.8) is 0 Å². The third-order valence-corrected chi connectivity index (χ3v) is 0.975. The van der Waals surface area contributed by atoms with Gasteiger partial charge in [-0.3, -0.25) is 0 Å². The van der Waals surface area contributed by atoms with E-state index in [1.54, 1.807) is 5.38 Å². The Hall–Kier alpha value is 0.0923. The molecular weight excluding hydrogens is 284 g/mol. The summed E-state index contributed by atoms with van der Waals surface area (Å²) in [6.45, 7) is 0. The summed E-state index contributed by atoms with van der Waals surface area (Å²) in [4.78, 5) is 13.2. The third kappa shape index (κ3) is 2.03. The number of aromatic nitrogens is 1. The second kappa shape index (κ2) is 3.14. The molecule has 0 saturated heterocycles. The van der Waals surface area contributed by atoms with Crippen molar-refractivity contribution in [3.05, 3.63) is 21.2 Å². The van der Waals surface area contributed by atoms with Crippen LogP contribution in [-0.2, 0) is 20.4 Å². The number of thiazole rings is 1. The molecule has 0 unspecified atom stereocenters. The van der Waals surface area contributed by atoms with Crippen LogP contribution in [0.3, 0.4) is 0 Å². The van der Waals surface area contributed by atoms with Gasteiger partial charge < -0.3 is 9.78 Å². The molecule has 0 atom stereocenters. The molecule has 1 heterocycles. The van der Waals surface area contributed by atoms with Gasteiger partial charge in [0, 0.05) is 20.4 Å². The Labute approximate surface area is 58.2 Å². The normalized spacial score (nSPS) is 7.43. The summed E-state index contributed by atoms with van der Waals surface area (Å²) in [5.74, 6) is 0. The van der Waals surface area contributed by atoms with E-state index in [9.17, 15) is 4.79 Å². The standard InChI is InChI=1S/C3H3NOS.Re/c5-3-4-1-2-6-3;/h1-2H,(H,4,5);/p-1. The van der Waals surface area contributed by atoms with E-state index < -0.39 is 0 Å². The monoisotopic (exact) mass is 287 g/mol. The first kappa shape index (κ1) is 7.09. The van der Waals surface area contributed by atoms with E-state index in [-0.39, 0.29) is 25.3 Å². The fourth-order valence-corrected chi connectivity index (χ4v) is 0.570. The molecule has 39 valence electrons.